The fourth-order valence-electron chi connectivity index (χ4n) is 3.42. The van der Waals surface area contributed by atoms with E-state index in [1.54, 1.807) is 12.1 Å². The lowest BCUT2D eigenvalue weighted by molar-refractivity contribution is -0.857. The highest BCUT2D eigenvalue weighted by molar-refractivity contribution is 6.46. The fraction of sp³-hybridized carbons (Fsp3) is 0.273. The number of carbonyl (C=O) groups excluding carboxylic acids is 2. The van der Waals surface area contributed by atoms with E-state index >= 15 is 0 Å². The van der Waals surface area contributed by atoms with Gasteiger partial charge in [-0.2, -0.15) is 0 Å². The summed E-state index contributed by atoms with van der Waals surface area (Å²) in [6.07, 6.45) is 0. The summed E-state index contributed by atoms with van der Waals surface area (Å²) in [6.45, 7) is 0.897. The van der Waals surface area contributed by atoms with Crippen LogP contribution >= 0.6 is 11.6 Å². The number of aliphatic hydroxyl groups is 1. The van der Waals surface area contributed by atoms with E-state index in [1.807, 2.05) is 14.1 Å². The zero-order valence-corrected chi connectivity index (χ0v) is 17.7. The third-order valence-electron chi connectivity index (χ3n) is 5.00. The third-order valence-corrected chi connectivity index (χ3v) is 5.30. The molecule has 0 aromatic heterocycles. The van der Waals surface area contributed by atoms with Gasteiger partial charge in [0.1, 0.15) is 17.3 Å². The normalized spacial score (nSPS) is 18.3. The van der Waals surface area contributed by atoms with Crippen molar-refractivity contribution in [1.29, 1.82) is 0 Å². The van der Waals surface area contributed by atoms with Crippen LogP contribution in [0.25, 0.3) is 5.76 Å². The number of nitrogens with one attached hydrogen (secondary N) is 1. The number of hydrogen-bond acceptors (Lipinski definition) is 4. The summed E-state index contributed by atoms with van der Waals surface area (Å²) in [5, 5.41) is 11.2. The predicted molar refractivity (Wildman–Crippen MR) is 111 cm³/mol. The van der Waals surface area contributed by atoms with E-state index in [1.165, 1.54) is 42.3 Å². The molecule has 1 fully saturated rings. The van der Waals surface area contributed by atoms with Crippen LogP contribution in [0.15, 0.2) is 48.0 Å². The number of likely N-dealkylation sites (N-methyl/N-ethyl adjacent to an activating group) is 1. The first kappa shape index (κ1) is 21.8. The van der Waals surface area contributed by atoms with Gasteiger partial charge < -0.3 is 19.6 Å². The number of carbonyl (C=O) groups is 2. The number of Topliss-reactive ketones (excluding diaryl/α,β-unsaturated/α-hetero) is 1. The standard InChI is InChI=1S/C22H22ClFN2O4/c1-25(2)10-11-26-19(13-4-7-15(24)8-5-13)18(21(28)22(26)29)20(27)14-6-9-17(30-3)16(23)12-14/h4-9,12,19,27H,10-11H2,1-3H3/p+1/b20-18-/t19-/m1/s1. The molecule has 30 heavy (non-hydrogen) atoms. The summed E-state index contributed by atoms with van der Waals surface area (Å²) in [7, 11) is 5.33. The average molecular weight is 434 g/mol. The number of ketones is 1. The van der Waals surface area contributed by atoms with Gasteiger partial charge in [-0.05, 0) is 35.9 Å². The number of aliphatic hydroxyl groups excluding tert-OH is 1. The summed E-state index contributed by atoms with van der Waals surface area (Å²) < 4.78 is 18.6. The maximum Gasteiger partial charge on any atom is 0.295 e. The summed E-state index contributed by atoms with van der Waals surface area (Å²) >= 11 is 6.16. The van der Waals surface area contributed by atoms with Crippen molar-refractivity contribution in [3.63, 3.8) is 0 Å². The van der Waals surface area contributed by atoms with E-state index < -0.39 is 23.5 Å². The Kier molecular flexibility index (Phi) is 6.43. The van der Waals surface area contributed by atoms with Crippen LogP contribution in [-0.2, 0) is 9.59 Å². The first-order chi connectivity index (χ1) is 14.2. The van der Waals surface area contributed by atoms with E-state index in [2.05, 4.69) is 0 Å². The zero-order valence-electron chi connectivity index (χ0n) is 16.9. The van der Waals surface area contributed by atoms with Crippen molar-refractivity contribution in [3.05, 3.63) is 70.0 Å². The second kappa shape index (κ2) is 8.85. The third kappa shape index (κ3) is 4.17. The Morgan fingerprint density at radius 2 is 1.87 bits per heavy atom. The SMILES string of the molecule is COc1ccc(/C(O)=C2/C(=O)C(=O)N(CC[NH+](C)C)[C@@H]2c2ccc(F)cc2)cc1Cl. The van der Waals surface area contributed by atoms with Crippen LogP contribution < -0.4 is 9.64 Å². The molecule has 1 heterocycles. The molecule has 2 aromatic carbocycles. The maximum absolute atomic E-state index is 13.5. The highest BCUT2D eigenvalue weighted by Gasteiger charge is 2.46. The highest BCUT2D eigenvalue weighted by Crippen LogP contribution is 2.40. The first-order valence-corrected chi connectivity index (χ1v) is 9.79. The Morgan fingerprint density at radius 3 is 2.43 bits per heavy atom. The Morgan fingerprint density at radius 1 is 1.20 bits per heavy atom. The quantitative estimate of drug-likeness (QED) is 0.415. The van der Waals surface area contributed by atoms with E-state index in [9.17, 15) is 19.1 Å². The molecular formula is C22H23ClFN2O4+. The fourth-order valence-corrected chi connectivity index (χ4v) is 3.67. The molecular weight excluding hydrogens is 411 g/mol. The number of quaternary nitrogens is 1. The van der Waals surface area contributed by atoms with Crippen molar-refractivity contribution in [2.75, 3.05) is 34.3 Å². The molecule has 1 aliphatic rings. The number of nitrogens with zero attached hydrogens (tertiary/aromatic N) is 1. The predicted octanol–water partition coefficient (Wildman–Crippen LogP) is 2.05. The molecule has 0 spiro atoms. The van der Waals surface area contributed by atoms with E-state index in [4.69, 9.17) is 16.3 Å². The molecule has 0 aliphatic carbocycles. The van der Waals surface area contributed by atoms with Crippen LogP contribution in [0.2, 0.25) is 5.02 Å². The Hall–Kier alpha value is -2.90. The van der Waals surface area contributed by atoms with Gasteiger partial charge in [0.2, 0.25) is 0 Å². The van der Waals surface area contributed by atoms with Crippen LogP contribution in [-0.4, -0.2) is 56.0 Å². The molecule has 0 bridgehead atoms. The van der Waals surface area contributed by atoms with Crippen molar-refractivity contribution in [2.45, 2.75) is 6.04 Å². The molecule has 3 rings (SSSR count). The summed E-state index contributed by atoms with van der Waals surface area (Å²) in [4.78, 5) is 28.2. The van der Waals surface area contributed by atoms with Gasteiger partial charge in [0.15, 0.2) is 0 Å². The average Bonchev–Trinajstić information content (AvgIpc) is 2.96. The Balaban J connectivity index is 2.14. The lowest BCUT2D eigenvalue weighted by Gasteiger charge is -2.25. The van der Waals surface area contributed by atoms with Crippen LogP contribution in [0.4, 0.5) is 4.39 Å². The first-order valence-electron chi connectivity index (χ1n) is 9.41. The molecule has 1 amide bonds. The summed E-state index contributed by atoms with van der Waals surface area (Å²) in [5.41, 5.74) is 0.760. The van der Waals surface area contributed by atoms with E-state index in [0.717, 1.165) is 4.90 Å². The minimum absolute atomic E-state index is 0.0541. The summed E-state index contributed by atoms with van der Waals surface area (Å²) in [5.74, 6) is -1.85. The van der Waals surface area contributed by atoms with Crippen molar-refractivity contribution < 1.29 is 28.7 Å². The molecule has 1 saturated heterocycles. The molecule has 158 valence electrons. The number of amides is 1. The monoisotopic (exact) mass is 433 g/mol. The van der Waals surface area contributed by atoms with Gasteiger partial charge in [-0.15, -0.1) is 0 Å². The highest BCUT2D eigenvalue weighted by atomic mass is 35.5. The smallest absolute Gasteiger partial charge is 0.295 e. The van der Waals surface area contributed by atoms with Crippen molar-refractivity contribution in [2.24, 2.45) is 0 Å². The molecule has 2 aromatic rings. The number of benzene rings is 2. The second-order valence-electron chi connectivity index (χ2n) is 7.35. The molecule has 0 radical (unpaired) electrons. The Bertz CT molecular complexity index is 1000. The summed E-state index contributed by atoms with van der Waals surface area (Å²) in [6, 6.07) is 9.30. The van der Waals surface area contributed by atoms with E-state index in [-0.39, 0.29) is 21.9 Å². The van der Waals surface area contributed by atoms with Crippen LogP contribution in [0.3, 0.4) is 0 Å². The van der Waals surface area contributed by atoms with Gasteiger partial charge >= 0.3 is 0 Å². The lowest BCUT2D eigenvalue weighted by Crippen LogP contribution is -3.06. The molecule has 8 heteroatoms. The van der Waals surface area contributed by atoms with Gasteiger partial charge in [0.25, 0.3) is 11.7 Å². The van der Waals surface area contributed by atoms with Gasteiger partial charge in [0, 0.05) is 5.56 Å². The van der Waals surface area contributed by atoms with E-state index in [0.29, 0.717) is 24.4 Å². The molecule has 1 atom stereocenters. The molecule has 1 aliphatic heterocycles. The zero-order chi connectivity index (χ0) is 22.0. The van der Waals surface area contributed by atoms with Crippen LogP contribution in [0.1, 0.15) is 17.2 Å². The maximum atomic E-state index is 13.5. The topological polar surface area (TPSA) is 71.3 Å². The van der Waals surface area contributed by atoms with Gasteiger partial charge in [0.05, 0.1) is 50.9 Å². The van der Waals surface area contributed by atoms with Crippen molar-refractivity contribution in [1.82, 2.24) is 4.90 Å². The molecule has 6 nitrogen and oxygen atoms in total. The molecule has 0 unspecified atom stereocenters. The number of ether oxygens (including phenoxy) is 1. The van der Waals surface area contributed by atoms with Crippen LogP contribution in [0.5, 0.6) is 5.75 Å². The van der Waals surface area contributed by atoms with Crippen molar-refractivity contribution >= 4 is 29.1 Å². The minimum Gasteiger partial charge on any atom is -0.507 e. The number of rotatable bonds is 6. The lowest BCUT2D eigenvalue weighted by atomic mass is 9.95. The number of methoxy groups -OCH3 is 1. The van der Waals surface area contributed by atoms with Gasteiger partial charge in [-0.3, -0.25) is 9.59 Å². The van der Waals surface area contributed by atoms with Crippen LogP contribution in [0, 0.1) is 5.82 Å². The second-order valence-corrected chi connectivity index (χ2v) is 7.76. The largest absolute Gasteiger partial charge is 0.507 e. The number of hydrogen-bond donors (Lipinski definition) is 2. The minimum atomic E-state index is -0.828. The number of likely N-dealkylation sites (tertiary alicyclic amines) is 1. The Labute approximate surface area is 179 Å². The van der Waals surface area contributed by atoms with Gasteiger partial charge in [-0.1, -0.05) is 23.7 Å². The van der Waals surface area contributed by atoms with Gasteiger partial charge in [-0.25, -0.2) is 4.39 Å². The van der Waals surface area contributed by atoms with Crippen molar-refractivity contribution in [3.8, 4) is 5.75 Å². The number of halogens is 2. The molecule has 0 saturated carbocycles. The molecule has 2 N–H and O–H groups in total.